The topological polar surface area (TPSA) is 127 Å². The van der Waals surface area contributed by atoms with Gasteiger partial charge in [-0.1, -0.05) is 6.07 Å². The average molecular weight is 283 g/mol. The van der Waals surface area contributed by atoms with Crippen molar-refractivity contribution >= 4 is 17.9 Å². The van der Waals surface area contributed by atoms with Crippen LogP contribution in [0.1, 0.15) is 28.4 Å². The van der Waals surface area contributed by atoms with Gasteiger partial charge >= 0.3 is 5.97 Å². The number of rotatable bonds is 6. The highest BCUT2D eigenvalue weighted by molar-refractivity contribution is 5.81. The molecule has 8 nitrogen and oxygen atoms in total. The second-order valence-electron chi connectivity index (χ2n) is 3.99. The minimum absolute atomic E-state index is 0.0266. The molecule has 0 heterocycles. The Kier molecular flexibility index (Phi) is 5.30. The molecule has 1 aromatic rings. The van der Waals surface area contributed by atoms with Crippen molar-refractivity contribution in [3.63, 3.8) is 0 Å². The molecule has 0 bridgehead atoms. The van der Waals surface area contributed by atoms with E-state index < -0.39 is 35.2 Å². The van der Waals surface area contributed by atoms with Crippen molar-refractivity contribution in [3.05, 3.63) is 39.4 Å². The maximum Gasteiger partial charge on any atom is 0.308 e. The van der Waals surface area contributed by atoms with E-state index in [1.807, 2.05) is 0 Å². The van der Waals surface area contributed by atoms with Crippen LogP contribution >= 0.6 is 0 Å². The number of hydrogen-bond donors (Lipinski definition) is 2. The minimum Gasteiger partial charge on any atom is -0.469 e. The fourth-order valence-electron chi connectivity index (χ4n) is 1.59. The predicted molar refractivity (Wildman–Crippen MR) is 66.1 cm³/mol. The highest BCUT2D eigenvalue weighted by Gasteiger charge is 2.24. The number of ether oxygens (including phenoxy) is 1. The summed E-state index contributed by atoms with van der Waals surface area (Å²) in [7, 11) is 1.13. The molecule has 0 fully saturated rings. The summed E-state index contributed by atoms with van der Waals surface area (Å²) in [4.78, 5) is 31.6. The molecule has 8 heteroatoms. The number of nitro benzene ring substituents is 1. The predicted octanol–water partition coefficient (Wildman–Crippen LogP) is 0.365. The third-order valence-corrected chi connectivity index (χ3v) is 2.69. The number of hydrogen-bond acceptors (Lipinski definition) is 7. The molecule has 1 rings (SSSR count). The zero-order valence-electron chi connectivity index (χ0n) is 10.6. The van der Waals surface area contributed by atoms with Gasteiger partial charge in [0.25, 0.3) is 5.69 Å². The fraction of sp³-hybridized carbons (Fsp3) is 0.333. The van der Waals surface area contributed by atoms with Crippen molar-refractivity contribution in [3.8, 4) is 0 Å². The molecule has 2 unspecified atom stereocenters. The number of carbonyl (C=O) groups is 2. The number of benzene rings is 1. The average Bonchev–Trinajstić information content (AvgIpc) is 2.45. The first-order valence-electron chi connectivity index (χ1n) is 5.57. The zero-order chi connectivity index (χ0) is 15.3. The second kappa shape index (κ2) is 6.73. The molecule has 2 atom stereocenters. The van der Waals surface area contributed by atoms with E-state index in [9.17, 15) is 29.9 Å². The van der Waals surface area contributed by atoms with Crippen LogP contribution < -0.4 is 0 Å². The Balaban J connectivity index is 3.01. The number of nitro groups is 1. The molecular formula is C12H13NO7. The van der Waals surface area contributed by atoms with Crippen LogP contribution in [0.15, 0.2) is 18.2 Å². The van der Waals surface area contributed by atoms with Crippen molar-refractivity contribution in [1.29, 1.82) is 0 Å². The lowest BCUT2D eigenvalue weighted by Crippen LogP contribution is -2.22. The molecule has 0 aliphatic heterocycles. The summed E-state index contributed by atoms with van der Waals surface area (Å²) in [6.45, 7) is 0. The number of nitrogens with zero attached hydrogens (tertiary/aromatic N) is 1. The van der Waals surface area contributed by atoms with E-state index in [0.717, 1.165) is 19.2 Å². The van der Waals surface area contributed by atoms with Gasteiger partial charge in [-0.15, -0.1) is 0 Å². The van der Waals surface area contributed by atoms with E-state index in [2.05, 4.69) is 4.74 Å². The summed E-state index contributed by atoms with van der Waals surface area (Å²) in [5.74, 6) is -0.726. The summed E-state index contributed by atoms with van der Waals surface area (Å²) in [5, 5.41) is 30.3. The van der Waals surface area contributed by atoms with Crippen molar-refractivity contribution in [2.24, 2.45) is 0 Å². The molecular weight excluding hydrogens is 270 g/mol. The Morgan fingerprint density at radius 2 is 2.15 bits per heavy atom. The Labute approximate surface area is 113 Å². The number of aliphatic hydroxyl groups excluding tert-OH is 2. The van der Waals surface area contributed by atoms with E-state index in [4.69, 9.17) is 0 Å². The number of carbonyl (C=O) groups excluding carboxylic acids is 2. The third kappa shape index (κ3) is 3.59. The second-order valence-corrected chi connectivity index (χ2v) is 3.99. The quantitative estimate of drug-likeness (QED) is 0.334. The SMILES string of the molecule is COC(=O)CC(O)C(O)c1ccc(C=O)c([N+](=O)[O-])c1. The molecule has 0 saturated carbocycles. The van der Waals surface area contributed by atoms with E-state index in [-0.39, 0.29) is 11.1 Å². The maximum atomic E-state index is 11.0. The first-order valence-corrected chi connectivity index (χ1v) is 5.57. The molecule has 20 heavy (non-hydrogen) atoms. The lowest BCUT2D eigenvalue weighted by Gasteiger charge is -2.17. The van der Waals surface area contributed by atoms with E-state index >= 15 is 0 Å². The molecule has 0 saturated heterocycles. The van der Waals surface area contributed by atoms with Gasteiger partial charge in [0.2, 0.25) is 0 Å². The van der Waals surface area contributed by atoms with Crippen molar-refractivity contribution in [1.82, 2.24) is 0 Å². The van der Waals surface area contributed by atoms with Gasteiger partial charge in [0, 0.05) is 6.07 Å². The monoisotopic (exact) mass is 283 g/mol. The molecule has 108 valence electrons. The summed E-state index contributed by atoms with van der Waals surface area (Å²) < 4.78 is 4.34. The van der Waals surface area contributed by atoms with Crippen LogP contribution in [0.3, 0.4) is 0 Å². The molecule has 1 aromatic carbocycles. The number of aldehydes is 1. The normalized spacial score (nSPS) is 13.3. The maximum absolute atomic E-state index is 11.0. The Morgan fingerprint density at radius 1 is 1.50 bits per heavy atom. The van der Waals surface area contributed by atoms with Gasteiger partial charge in [-0.2, -0.15) is 0 Å². The van der Waals surface area contributed by atoms with Gasteiger partial charge in [-0.05, 0) is 11.6 Å². The van der Waals surface area contributed by atoms with Gasteiger partial charge in [0.1, 0.15) is 6.10 Å². The van der Waals surface area contributed by atoms with Gasteiger partial charge < -0.3 is 14.9 Å². The summed E-state index contributed by atoms with van der Waals surface area (Å²) in [5.41, 5.74) is -0.603. The Hall–Kier alpha value is -2.32. The van der Waals surface area contributed by atoms with E-state index in [0.29, 0.717) is 6.29 Å². The van der Waals surface area contributed by atoms with Crippen LogP contribution in [0.2, 0.25) is 0 Å². The smallest absolute Gasteiger partial charge is 0.308 e. The van der Waals surface area contributed by atoms with Gasteiger partial charge in [0.15, 0.2) is 6.29 Å². The van der Waals surface area contributed by atoms with Crippen molar-refractivity contribution in [2.45, 2.75) is 18.6 Å². The number of esters is 1. The van der Waals surface area contributed by atoms with Gasteiger partial charge in [-0.25, -0.2) is 0 Å². The molecule has 0 aliphatic carbocycles. The van der Waals surface area contributed by atoms with Crippen LogP contribution in [-0.2, 0) is 9.53 Å². The molecule has 0 aliphatic rings. The van der Waals surface area contributed by atoms with Crippen LogP contribution in [0, 0.1) is 10.1 Å². The van der Waals surface area contributed by atoms with Crippen LogP contribution in [0.25, 0.3) is 0 Å². The Morgan fingerprint density at radius 3 is 2.65 bits per heavy atom. The lowest BCUT2D eigenvalue weighted by atomic mass is 10.00. The summed E-state index contributed by atoms with van der Waals surface area (Å²) >= 11 is 0. The number of aliphatic hydroxyl groups is 2. The largest absolute Gasteiger partial charge is 0.469 e. The van der Waals surface area contributed by atoms with Crippen molar-refractivity contribution in [2.75, 3.05) is 7.11 Å². The molecule has 0 aromatic heterocycles. The van der Waals surface area contributed by atoms with Crippen LogP contribution in [-0.4, -0.2) is 40.6 Å². The zero-order valence-corrected chi connectivity index (χ0v) is 10.6. The van der Waals surface area contributed by atoms with E-state index in [1.54, 1.807) is 0 Å². The first-order chi connectivity index (χ1) is 9.40. The highest BCUT2D eigenvalue weighted by atomic mass is 16.6. The first kappa shape index (κ1) is 15.7. The highest BCUT2D eigenvalue weighted by Crippen LogP contribution is 2.25. The number of methoxy groups -OCH3 is 1. The summed E-state index contributed by atoms with van der Waals surface area (Å²) in [6.07, 6.45) is -3.11. The van der Waals surface area contributed by atoms with Crippen molar-refractivity contribution < 1.29 is 29.5 Å². The molecule has 0 spiro atoms. The summed E-state index contributed by atoms with van der Waals surface area (Å²) in [6, 6.07) is 3.41. The standard InChI is InChI=1S/C12H13NO7/c1-20-11(16)5-10(15)12(17)7-2-3-8(6-14)9(4-7)13(18)19/h2-4,6,10,12,15,17H,5H2,1H3. The third-order valence-electron chi connectivity index (χ3n) is 2.69. The van der Waals surface area contributed by atoms with E-state index in [1.165, 1.54) is 6.07 Å². The lowest BCUT2D eigenvalue weighted by molar-refractivity contribution is -0.385. The molecule has 0 amide bonds. The fourth-order valence-corrected chi connectivity index (χ4v) is 1.59. The van der Waals surface area contributed by atoms with Gasteiger partial charge in [-0.3, -0.25) is 19.7 Å². The van der Waals surface area contributed by atoms with Crippen LogP contribution in [0.4, 0.5) is 5.69 Å². The van der Waals surface area contributed by atoms with Crippen LogP contribution in [0.5, 0.6) is 0 Å². The molecule has 0 radical (unpaired) electrons. The Bertz CT molecular complexity index is 529. The molecule has 2 N–H and O–H groups in total. The van der Waals surface area contributed by atoms with Gasteiger partial charge in [0.05, 0.1) is 30.1 Å². The minimum atomic E-state index is -1.51.